The maximum absolute atomic E-state index is 11.5. The molecule has 1 aromatic carbocycles. The van der Waals surface area contributed by atoms with E-state index in [9.17, 15) is 9.59 Å². The Hall–Kier alpha value is -1.75. The van der Waals surface area contributed by atoms with Gasteiger partial charge in [0.1, 0.15) is 12.3 Å². The van der Waals surface area contributed by atoms with E-state index in [2.05, 4.69) is 5.32 Å². The molecule has 0 bridgehead atoms. The van der Waals surface area contributed by atoms with Crippen LogP contribution in [0.1, 0.15) is 12.5 Å². The van der Waals surface area contributed by atoms with Crippen LogP contribution in [0.5, 0.6) is 5.75 Å². The molecule has 1 unspecified atom stereocenters. The number of carbonyl (C=O) groups excluding carboxylic acids is 1. The van der Waals surface area contributed by atoms with Gasteiger partial charge in [0.05, 0.1) is 0 Å². The summed E-state index contributed by atoms with van der Waals surface area (Å²) in [7, 11) is 0. The van der Waals surface area contributed by atoms with E-state index >= 15 is 0 Å². The van der Waals surface area contributed by atoms with E-state index in [0.29, 0.717) is 10.8 Å². The van der Waals surface area contributed by atoms with Gasteiger partial charge in [0, 0.05) is 5.02 Å². The van der Waals surface area contributed by atoms with E-state index in [0.717, 1.165) is 5.56 Å². The zero-order valence-corrected chi connectivity index (χ0v) is 10.8. The smallest absolute Gasteiger partial charge is 0.322 e. The number of benzene rings is 1. The minimum atomic E-state index is -1.10. The van der Waals surface area contributed by atoms with Crippen LogP contribution in [0.3, 0.4) is 0 Å². The molecule has 1 aromatic rings. The molecule has 0 saturated carbocycles. The Morgan fingerprint density at radius 3 is 2.72 bits per heavy atom. The van der Waals surface area contributed by atoms with Gasteiger partial charge in [0.2, 0.25) is 0 Å². The first-order valence-corrected chi connectivity index (χ1v) is 5.70. The fraction of sp³-hybridized carbons (Fsp3) is 0.333. The van der Waals surface area contributed by atoms with Crippen LogP contribution in [0, 0.1) is 6.92 Å². The highest BCUT2D eigenvalue weighted by atomic mass is 35.5. The van der Waals surface area contributed by atoms with E-state index in [1.807, 2.05) is 6.92 Å². The monoisotopic (exact) mass is 271 g/mol. The lowest BCUT2D eigenvalue weighted by molar-refractivity contribution is -0.139. The Labute approximate surface area is 110 Å². The fourth-order valence-corrected chi connectivity index (χ4v) is 1.52. The zero-order valence-electron chi connectivity index (χ0n) is 10.1. The largest absolute Gasteiger partial charge is 0.481 e. The number of hydrogen-bond acceptors (Lipinski definition) is 3. The predicted octanol–water partition coefficient (Wildman–Crippen LogP) is 1.62. The van der Waals surface area contributed by atoms with Crippen molar-refractivity contribution in [3.8, 4) is 5.75 Å². The molecule has 98 valence electrons. The van der Waals surface area contributed by atoms with Crippen molar-refractivity contribution in [3.63, 3.8) is 0 Å². The minimum Gasteiger partial charge on any atom is -0.481 e. The first kappa shape index (κ1) is 14.3. The van der Waals surface area contributed by atoms with E-state index in [1.165, 1.54) is 0 Å². The normalized spacial score (nSPS) is 11.7. The van der Waals surface area contributed by atoms with Gasteiger partial charge in [-0.15, -0.1) is 0 Å². The summed E-state index contributed by atoms with van der Waals surface area (Å²) in [6.45, 7) is 2.93. The quantitative estimate of drug-likeness (QED) is 0.853. The van der Waals surface area contributed by atoms with Crippen molar-refractivity contribution in [2.75, 3.05) is 6.54 Å². The van der Waals surface area contributed by atoms with Crippen LogP contribution in [-0.2, 0) is 9.59 Å². The second-order valence-corrected chi connectivity index (χ2v) is 4.22. The number of ether oxygens (including phenoxy) is 1. The fourth-order valence-electron chi connectivity index (χ4n) is 1.30. The Balaban J connectivity index is 2.60. The molecule has 1 rings (SSSR count). The molecule has 0 aromatic heterocycles. The summed E-state index contributed by atoms with van der Waals surface area (Å²) in [4.78, 5) is 21.8. The third kappa shape index (κ3) is 4.25. The molecule has 0 radical (unpaired) electrons. The van der Waals surface area contributed by atoms with E-state index in [4.69, 9.17) is 21.4 Å². The molecule has 0 heterocycles. The van der Waals surface area contributed by atoms with Crippen molar-refractivity contribution in [2.45, 2.75) is 20.0 Å². The van der Waals surface area contributed by atoms with Crippen molar-refractivity contribution in [2.24, 2.45) is 0 Å². The lowest BCUT2D eigenvalue weighted by atomic mass is 10.2. The molecule has 1 atom stereocenters. The number of nitrogens with one attached hydrogen (secondary N) is 1. The molecule has 6 heteroatoms. The highest BCUT2D eigenvalue weighted by Gasteiger charge is 2.16. The van der Waals surface area contributed by atoms with Crippen molar-refractivity contribution in [1.82, 2.24) is 5.32 Å². The molecule has 0 aliphatic rings. The van der Waals surface area contributed by atoms with E-state index in [1.54, 1.807) is 25.1 Å². The SMILES string of the molecule is Cc1cc(Cl)ccc1OC(C)C(=O)NCC(=O)O. The summed E-state index contributed by atoms with van der Waals surface area (Å²) < 4.78 is 5.43. The van der Waals surface area contributed by atoms with Crippen molar-refractivity contribution in [1.29, 1.82) is 0 Å². The number of carbonyl (C=O) groups is 2. The number of hydrogen-bond donors (Lipinski definition) is 2. The molecule has 0 saturated heterocycles. The lowest BCUT2D eigenvalue weighted by Gasteiger charge is -2.15. The van der Waals surface area contributed by atoms with Gasteiger partial charge in [-0.05, 0) is 37.6 Å². The van der Waals surface area contributed by atoms with Crippen molar-refractivity contribution >= 4 is 23.5 Å². The molecule has 0 aliphatic carbocycles. The average molecular weight is 272 g/mol. The maximum Gasteiger partial charge on any atom is 0.322 e. The molecule has 0 spiro atoms. The zero-order chi connectivity index (χ0) is 13.7. The molecule has 0 aliphatic heterocycles. The summed E-state index contributed by atoms with van der Waals surface area (Å²) in [5.41, 5.74) is 0.806. The number of carboxylic acid groups (broad SMARTS) is 1. The molecular weight excluding hydrogens is 258 g/mol. The van der Waals surface area contributed by atoms with Gasteiger partial charge in [-0.25, -0.2) is 0 Å². The van der Waals surface area contributed by atoms with Crippen molar-refractivity contribution < 1.29 is 19.4 Å². The molecule has 5 nitrogen and oxygen atoms in total. The maximum atomic E-state index is 11.5. The van der Waals surface area contributed by atoms with Crippen LogP contribution in [-0.4, -0.2) is 29.6 Å². The molecule has 2 N–H and O–H groups in total. The van der Waals surface area contributed by atoms with Gasteiger partial charge in [-0.2, -0.15) is 0 Å². The number of amides is 1. The third-order valence-electron chi connectivity index (χ3n) is 2.22. The van der Waals surface area contributed by atoms with Crippen LogP contribution in [0.2, 0.25) is 5.02 Å². The highest BCUT2D eigenvalue weighted by Crippen LogP contribution is 2.22. The Morgan fingerprint density at radius 2 is 2.17 bits per heavy atom. The van der Waals surface area contributed by atoms with Gasteiger partial charge in [-0.3, -0.25) is 9.59 Å². The summed E-state index contributed by atoms with van der Waals surface area (Å²) in [6, 6.07) is 5.04. The van der Waals surface area contributed by atoms with E-state index in [-0.39, 0.29) is 0 Å². The van der Waals surface area contributed by atoms with Gasteiger partial charge in [0.25, 0.3) is 5.91 Å². The van der Waals surface area contributed by atoms with Gasteiger partial charge >= 0.3 is 5.97 Å². The first-order valence-electron chi connectivity index (χ1n) is 5.32. The first-order chi connectivity index (χ1) is 8.40. The lowest BCUT2D eigenvalue weighted by Crippen LogP contribution is -2.39. The Bertz CT molecular complexity index is 461. The Morgan fingerprint density at radius 1 is 1.50 bits per heavy atom. The number of rotatable bonds is 5. The predicted molar refractivity (Wildman–Crippen MR) is 66.9 cm³/mol. The molecule has 0 fully saturated rings. The standard InChI is InChI=1S/C12H14ClNO4/c1-7-5-9(13)3-4-10(7)18-8(2)12(17)14-6-11(15)16/h3-5,8H,6H2,1-2H3,(H,14,17)(H,15,16). The average Bonchev–Trinajstić information content (AvgIpc) is 2.29. The van der Waals surface area contributed by atoms with Crippen LogP contribution >= 0.6 is 11.6 Å². The second-order valence-electron chi connectivity index (χ2n) is 3.78. The summed E-state index contributed by atoms with van der Waals surface area (Å²) in [6.07, 6.45) is -0.774. The van der Waals surface area contributed by atoms with Crippen LogP contribution in [0.15, 0.2) is 18.2 Å². The van der Waals surface area contributed by atoms with E-state index < -0.39 is 24.5 Å². The van der Waals surface area contributed by atoms with Gasteiger partial charge < -0.3 is 15.2 Å². The number of aryl methyl sites for hydroxylation is 1. The van der Waals surface area contributed by atoms with Crippen LogP contribution in [0.4, 0.5) is 0 Å². The van der Waals surface area contributed by atoms with Crippen molar-refractivity contribution in [3.05, 3.63) is 28.8 Å². The second kappa shape index (κ2) is 6.26. The van der Waals surface area contributed by atoms with Gasteiger partial charge in [-0.1, -0.05) is 11.6 Å². The van der Waals surface area contributed by atoms with Crippen LogP contribution in [0.25, 0.3) is 0 Å². The summed E-state index contributed by atoms with van der Waals surface area (Å²) in [5.74, 6) is -1.04. The number of aliphatic carboxylic acids is 1. The number of halogens is 1. The number of carboxylic acids is 1. The third-order valence-corrected chi connectivity index (χ3v) is 2.46. The van der Waals surface area contributed by atoms with Crippen LogP contribution < -0.4 is 10.1 Å². The topological polar surface area (TPSA) is 75.6 Å². The van der Waals surface area contributed by atoms with Gasteiger partial charge in [0.15, 0.2) is 6.10 Å². The molecule has 1 amide bonds. The summed E-state index contributed by atoms with van der Waals surface area (Å²) in [5, 5.41) is 11.3. The Kier molecular flexibility index (Phi) is 4.97. The minimum absolute atomic E-state index is 0.424. The molecular formula is C12H14ClNO4. The summed E-state index contributed by atoms with van der Waals surface area (Å²) >= 11 is 5.80. The molecule has 18 heavy (non-hydrogen) atoms. The highest BCUT2D eigenvalue weighted by molar-refractivity contribution is 6.30.